The Hall–Kier alpha value is -1.63. The average Bonchev–Trinajstić information content (AvgIpc) is 2.39. The molecule has 0 aromatic carbocycles. The van der Waals surface area contributed by atoms with Crippen molar-refractivity contribution in [2.75, 3.05) is 13.2 Å². The van der Waals surface area contributed by atoms with Gasteiger partial charge in [0.25, 0.3) is 5.56 Å². The van der Waals surface area contributed by atoms with Crippen LogP contribution in [0.1, 0.15) is 35.3 Å². The molecular formula is C14H16F3NO3. The highest BCUT2D eigenvalue weighted by Gasteiger charge is 2.27. The molecular weight excluding hydrogens is 287 g/mol. The fourth-order valence-corrected chi connectivity index (χ4v) is 2.45. The molecule has 0 saturated carbocycles. The summed E-state index contributed by atoms with van der Waals surface area (Å²) >= 11 is 0. The number of aromatic nitrogens is 1. The summed E-state index contributed by atoms with van der Waals surface area (Å²) in [4.78, 5) is 23.6. The van der Waals surface area contributed by atoms with Gasteiger partial charge in [0.05, 0.1) is 0 Å². The molecule has 1 aliphatic carbocycles. The molecule has 0 bridgehead atoms. The number of hydrogen-bond acceptors (Lipinski definition) is 3. The molecule has 21 heavy (non-hydrogen) atoms. The van der Waals surface area contributed by atoms with E-state index in [9.17, 15) is 22.8 Å². The molecule has 0 radical (unpaired) electrons. The van der Waals surface area contributed by atoms with Gasteiger partial charge < -0.3 is 9.30 Å². The van der Waals surface area contributed by atoms with Crippen LogP contribution in [-0.4, -0.2) is 29.7 Å². The summed E-state index contributed by atoms with van der Waals surface area (Å²) in [6, 6.07) is 2.87. The smallest absolute Gasteiger partial charge is 0.372 e. The van der Waals surface area contributed by atoms with E-state index < -0.39 is 12.8 Å². The van der Waals surface area contributed by atoms with Gasteiger partial charge in [0, 0.05) is 36.9 Å². The molecule has 0 aliphatic heterocycles. The van der Waals surface area contributed by atoms with E-state index in [0.717, 1.165) is 0 Å². The number of carbonyl (C=O) groups excluding carboxylic acids is 1. The summed E-state index contributed by atoms with van der Waals surface area (Å²) < 4.78 is 41.8. The molecule has 0 spiro atoms. The molecule has 1 aromatic rings. The highest BCUT2D eigenvalue weighted by Crippen LogP contribution is 2.20. The van der Waals surface area contributed by atoms with E-state index in [1.807, 2.05) is 0 Å². The number of fused-ring (bicyclic) bond motifs is 1. The number of hydrogen-bond donors (Lipinski definition) is 0. The normalized spacial score (nSPS) is 15.1. The SMILES string of the molecule is O=C1CCCc2c1ccc(=O)n2CCCOCC(F)(F)F. The maximum Gasteiger partial charge on any atom is 0.411 e. The van der Waals surface area contributed by atoms with Crippen molar-refractivity contribution >= 4 is 5.78 Å². The topological polar surface area (TPSA) is 48.3 Å². The van der Waals surface area contributed by atoms with Gasteiger partial charge in [0.2, 0.25) is 0 Å². The minimum atomic E-state index is -4.34. The third kappa shape index (κ3) is 4.17. The van der Waals surface area contributed by atoms with Gasteiger partial charge in [-0.3, -0.25) is 9.59 Å². The van der Waals surface area contributed by atoms with E-state index in [2.05, 4.69) is 4.74 Å². The molecule has 7 heteroatoms. The van der Waals surface area contributed by atoms with E-state index in [1.54, 1.807) is 0 Å². The van der Waals surface area contributed by atoms with Gasteiger partial charge in [-0.05, 0) is 25.3 Å². The minimum Gasteiger partial charge on any atom is -0.372 e. The van der Waals surface area contributed by atoms with Crippen molar-refractivity contribution in [1.29, 1.82) is 0 Å². The van der Waals surface area contributed by atoms with Gasteiger partial charge in [-0.15, -0.1) is 0 Å². The van der Waals surface area contributed by atoms with Crippen LogP contribution in [0.5, 0.6) is 0 Å². The van der Waals surface area contributed by atoms with Gasteiger partial charge >= 0.3 is 6.18 Å². The first kappa shape index (κ1) is 15.8. The second kappa shape index (κ2) is 6.43. The number of pyridine rings is 1. The standard InChI is InChI=1S/C14H16F3NO3/c15-14(16,17)9-21-8-2-7-18-11-3-1-4-12(19)10(11)5-6-13(18)20/h5-6H,1-4,7-9H2. The molecule has 0 amide bonds. The summed E-state index contributed by atoms with van der Waals surface area (Å²) in [7, 11) is 0. The van der Waals surface area contributed by atoms with Gasteiger partial charge in [0.15, 0.2) is 5.78 Å². The molecule has 2 rings (SSSR count). The van der Waals surface area contributed by atoms with Crippen molar-refractivity contribution in [3.63, 3.8) is 0 Å². The first-order valence-corrected chi connectivity index (χ1v) is 6.79. The second-order valence-corrected chi connectivity index (χ2v) is 4.98. The van der Waals surface area contributed by atoms with E-state index in [0.29, 0.717) is 36.9 Å². The van der Waals surface area contributed by atoms with Crippen LogP contribution in [0.2, 0.25) is 0 Å². The Morgan fingerprint density at radius 2 is 1.95 bits per heavy atom. The third-order valence-corrected chi connectivity index (χ3v) is 3.35. The molecule has 0 unspecified atom stereocenters. The van der Waals surface area contributed by atoms with Crippen LogP contribution in [-0.2, 0) is 17.7 Å². The zero-order valence-corrected chi connectivity index (χ0v) is 11.4. The van der Waals surface area contributed by atoms with Crippen LogP contribution >= 0.6 is 0 Å². The van der Waals surface area contributed by atoms with Crippen molar-refractivity contribution in [2.24, 2.45) is 0 Å². The molecule has 0 atom stereocenters. The lowest BCUT2D eigenvalue weighted by atomic mass is 9.94. The lowest BCUT2D eigenvalue weighted by molar-refractivity contribution is -0.174. The van der Waals surface area contributed by atoms with Crippen LogP contribution in [0, 0.1) is 0 Å². The average molecular weight is 303 g/mol. The lowest BCUT2D eigenvalue weighted by Crippen LogP contribution is -2.28. The van der Waals surface area contributed by atoms with Crippen LogP contribution in [0.4, 0.5) is 13.2 Å². The predicted molar refractivity (Wildman–Crippen MR) is 69.5 cm³/mol. The Balaban J connectivity index is 1.99. The van der Waals surface area contributed by atoms with Crippen LogP contribution in [0.3, 0.4) is 0 Å². The number of nitrogens with zero attached hydrogens (tertiary/aromatic N) is 1. The number of alkyl halides is 3. The highest BCUT2D eigenvalue weighted by atomic mass is 19.4. The molecule has 0 fully saturated rings. The van der Waals surface area contributed by atoms with Gasteiger partial charge in [-0.2, -0.15) is 13.2 Å². The molecule has 1 heterocycles. The zero-order chi connectivity index (χ0) is 15.5. The van der Waals surface area contributed by atoms with Crippen molar-refractivity contribution in [2.45, 2.75) is 38.4 Å². The Morgan fingerprint density at radius 3 is 2.67 bits per heavy atom. The quantitative estimate of drug-likeness (QED) is 0.784. The van der Waals surface area contributed by atoms with Gasteiger partial charge in [-0.25, -0.2) is 0 Å². The highest BCUT2D eigenvalue weighted by molar-refractivity contribution is 5.97. The van der Waals surface area contributed by atoms with Crippen molar-refractivity contribution in [3.8, 4) is 0 Å². The minimum absolute atomic E-state index is 0.0123. The summed E-state index contributed by atoms with van der Waals surface area (Å²) in [5, 5.41) is 0. The first-order chi connectivity index (χ1) is 9.88. The number of carbonyl (C=O) groups is 1. The summed E-state index contributed by atoms with van der Waals surface area (Å²) in [5.41, 5.74) is 1.01. The van der Waals surface area contributed by atoms with E-state index >= 15 is 0 Å². The Bertz CT molecular complexity index is 578. The van der Waals surface area contributed by atoms with Crippen molar-refractivity contribution < 1.29 is 22.7 Å². The number of Topliss-reactive ketones (excluding diaryl/α,β-unsaturated/α-hetero) is 1. The van der Waals surface area contributed by atoms with E-state index in [4.69, 9.17) is 0 Å². The van der Waals surface area contributed by atoms with Crippen LogP contribution < -0.4 is 5.56 Å². The maximum atomic E-state index is 11.9. The van der Waals surface area contributed by atoms with E-state index in [-0.39, 0.29) is 24.5 Å². The van der Waals surface area contributed by atoms with Crippen molar-refractivity contribution in [3.05, 3.63) is 33.7 Å². The third-order valence-electron chi connectivity index (χ3n) is 3.35. The Kier molecular flexibility index (Phi) is 4.82. The molecule has 1 aliphatic rings. The van der Waals surface area contributed by atoms with E-state index in [1.165, 1.54) is 16.7 Å². The second-order valence-electron chi connectivity index (χ2n) is 4.98. The molecule has 116 valence electrons. The lowest BCUT2D eigenvalue weighted by Gasteiger charge is -2.20. The number of ether oxygens (including phenoxy) is 1. The number of halogens is 3. The fraction of sp³-hybridized carbons (Fsp3) is 0.571. The number of ketones is 1. The molecule has 1 aromatic heterocycles. The summed E-state index contributed by atoms with van der Waals surface area (Å²) in [6.07, 6.45) is -2.24. The first-order valence-electron chi connectivity index (χ1n) is 6.79. The summed E-state index contributed by atoms with van der Waals surface area (Å²) in [6.45, 7) is -1.11. The number of rotatable bonds is 5. The monoisotopic (exact) mass is 303 g/mol. The zero-order valence-electron chi connectivity index (χ0n) is 11.4. The molecule has 0 N–H and O–H groups in total. The van der Waals surface area contributed by atoms with Crippen molar-refractivity contribution in [1.82, 2.24) is 4.57 Å². The molecule has 4 nitrogen and oxygen atoms in total. The summed E-state index contributed by atoms with van der Waals surface area (Å²) in [5.74, 6) is 0.0123. The van der Waals surface area contributed by atoms with Gasteiger partial charge in [0.1, 0.15) is 6.61 Å². The predicted octanol–water partition coefficient (Wildman–Crippen LogP) is 2.34. The Morgan fingerprint density at radius 1 is 1.19 bits per heavy atom. The van der Waals surface area contributed by atoms with Crippen LogP contribution in [0.25, 0.3) is 0 Å². The van der Waals surface area contributed by atoms with Gasteiger partial charge in [-0.1, -0.05) is 0 Å². The molecule has 0 saturated heterocycles. The fourth-order valence-electron chi connectivity index (χ4n) is 2.45. The van der Waals surface area contributed by atoms with Crippen LogP contribution in [0.15, 0.2) is 16.9 Å². The maximum absolute atomic E-state index is 11.9. The largest absolute Gasteiger partial charge is 0.411 e. The Labute approximate surface area is 119 Å².